The Morgan fingerprint density at radius 1 is 1.78 bits per heavy atom. The van der Waals surface area contributed by atoms with Crippen LogP contribution >= 0.6 is 0 Å². The first-order chi connectivity index (χ1) is 4.22. The van der Waals surface area contributed by atoms with Gasteiger partial charge in [0.15, 0.2) is 0 Å². The molecule has 0 radical (unpaired) electrons. The van der Waals surface area contributed by atoms with Crippen molar-refractivity contribution in [2.45, 2.75) is 19.8 Å². The van der Waals surface area contributed by atoms with E-state index >= 15 is 0 Å². The minimum absolute atomic E-state index is 0.289. The molecule has 0 aromatic heterocycles. The van der Waals surface area contributed by atoms with E-state index in [0.717, 1.165) is 12.8 Å². The molecule has 0 spiro atoms. The second-order valence-electron chi connectivity index (χ2n) is 3.41. The molecule has 0 aliphatic heterocycles. The third kappa shape index (κ3) is 0.473. The Kier molecular flexibility index (Phi) is 0.743. The highest BCUT2D eigenvalue weighted by Crippen LogP contribution is 2.50. The maximum atomic E-state index is 10.9. The molecule has 0 aromatic rings. The van der Waals surface area contributed by atoms with Crippen molar-refractivity contribution in [3.05, 3.63) is 12.2 Å². The predicted octanol–water partition coefficient (Wildman–Crippen LogP) is 1.54. The van der Waals surface area contributed by atoms with Crippen LogP contribution in [-0.2, 0) is 4.79 Å². The van der Waals surface area contributed by atoms with Gasteiger partial charge in [0.2, 0.25) is 0 Å². The van der Waals surface area contributed by atoms with Gasteiger partial charge in [0, 0.05) is 12.3 Å². The number of fused-ring (bicyclic) bond motifs is 1. The van der Waals surface area contributed by atoms with Crippen LogP contribution in [0.4, 0.5) is 0 Å². The van der Waals surface area contributed by atoms with Gasteiger partial charge in [-0.15, -0.1) is 0 Å². The average Bonchev–Trinajstić information content (AvgIpc) is 2.06. The van der Waals surface area contributed by atoms with Crippen molar-refractivity contribution in [2.75, 3.05) is 0 Å². The molecule has 1 nitrogen and oxygen atoms in total. The summed E-state index contributed by atoms with van der Waals surface area (Å²) in [6, 6.07) is 0. The number of ketones is 1. The van der Waals surface area contributed by atoms with Gasteiger partial charge in [-0.05, 0) is 11.8 Å². The lowest BCUT2D eigenvalue weighted by Gasteiger charge is -2.39. The van der Waals surface area contributed by atoms with Crippen LogP contribution < -0.4 is 0 Å². The van der Waals surface area contributed by atoms with E-state index in [1.807, 2.05) is 0 Å². The maximum Gasteiger partial charge on any atom is 0.140 e. The lowest BCUT2D eigenvalue weighted by Crippen LogP contribution is -2.42. The number of allylic oxidation sites excluding steroid dienone is 2. The Balaban J connectivity index is 2.29. The monoisotopic (exact) mass is 122 g/mol. The summed E-state index contributed by atoms with van der Waals surface area (Å²) < 4.78 is 0. The number of Topliss-reactive ketones (excluding diaryl/α,β-unsaturated/α-hetero) is 1. The lowest BCUT2D eigenvalue weighted by atomic mass is 9.62. The van der Waals surface area contributed by atoms with E-state index in [1.165, 1.54) is 0 Å². The smallest absolute Gasteiger partial charge is 0.140 e. The van der Waals surface area contributed by atoms with Crippen molar-refractivity contribution < 1.29 is 4.79 Å². The Morgan fingerprint density at radius 3 is 3.00 bits per heavy atom. The van der Waals surface area contributed by atoms with E-state index in [4.69, 9.17) is 0 Å². The standard InChI is InChI=1S/C8H10O/c1-8-4-2-3-6(8)7(9)5-8/h2-3,6H,4-5H2,1H3. The van der Waals surface area contributed by atoms with Crippen LogP contribution in [0.5, 0.6) is 0 Å². The van der Waals surface area contributed by atoms with Crippen molar-refractivity contribution in [1.82, 2.24) is 0 Å². The molecule has 2 aliphatic rings. The van der Waals surface area contributed by atoms with E-state index in [9.17, 15) is 4.79 Å². The molecule has 9 heavy (non-hydrogen) atoms. The zero-order valence-electron chi connectivity index (χ0n) is 5.55. The number of rotatable bonds is 0. The zero-order valence-corrected chi connectivity index (χ0v) is 5.55. The molecular weight excluding hydrogens is 112 g/mol. The van der Waals surface area contributed by atoms with Crippen molar-refractivity contribution in [3.8, 4) is 0 Å². The molecule has 0 amide bonds. The highest BCUT2D eigenvalue weighted by Gasteiger charge is 2.49. The van der Waals surface area contributed by atoms with Gasteiger partial charge in [0.25, 0.3) is 0 Å². The van der Waals surface area contributed by atoms with Crippen molar-refractivity contribution in [3.63, 3.8) is 0 Å². The van der Waals surface area contributed by atoms with Crippen LogP contribution in [0, 0.1) is 11.3 Å². The molecule has 0 N–H and O–H groups in total. The summed E-state index contributed by atoms with van der Waals surface area (Å²) in [6.45, 7) is 2.19. The third-order valence-corrected chi connectivity index (χ3v) is 2.59. The van der Waals surface area contributed by atoms with Crippen LogP contribution in [0.3, 0.4) is 0 Å². The highest BCUT2D eigenvalue weighted by atomic mass is 16.1. The average molecular weight is 122 g/mol. The zero-order chi connectivity index (χ0) is 6.48. The number of carbonyl (C=O) groups excluding carboxylic acids is 1. The van der Waals surface area contributed by atoms with Gasteiger partial charge in [0.05, 0.1) is 0 Å². The minimum Gasteiger partial charge on any atom is -0.299 e. The second-order valence-corrected chi connectivity index (χ2v) is 3.41. The third-order valence-electron chi connectivity index (χ3n) is 2.59. The van der Waals surface area contributed by atoms with E-state index in [0.29, 0.717) is 11.2 Å². The molecule has 0 bridgehead atoms. The summed E-state index contributed by atoms with van der Waals surface area (Å²) in [5.41, 5.74) is 0.344. The molecule has 2 atom stereocenters. The first kappa shape index (κ1) is 5.21. The Labute approximate surface area is 54.8 Å². The van der Waals surface area contributed by atoms with Crippen LogP contribution in [-0.4, -0.2) is 5.78 Å². The topological polar surface area (TPSA) is 17.1 Å². The summed E-state index contributed by atoms with van der Waals surface area (Å²) in [4.78, 5) is 10.9. The molecule has 1 fully saturated rings. The van der Waals surface area contributed by atoms with E-state index in [-0.39, 0.29) is 5.92 Å². The quantitative estimate of drug-likeness (QED) is 0.445. The van der Waals surface area contributed by atoms with Crippen LogP contribution in [0.15, 0.2) is 12.2 Å². The van der Waals surface area contributed by atoms with Crippen LogP contribution in [0.1, 0.15) is 19.8 Å². The molecular formula is C8H10O. The number of carbonyl (C=O) groups is 1. The fraction of sp³-hybridized carbons (Fsp3) is 0.625. The van der Waals surface area contributed by atoms with Gasteiger partial charge >= 0.3 is 0 Å². The number of hydrogen-bond donors (Lipinski definition) is 0. The fourth-order valence-electron chi connectivity index (χ4n) is 1.89. The molecule has 1 heteroatoms. The first-order valence-corrected chi connectivity index (χ1v) is 3.42. The van der Waals surface area contributed by atoms with E-state index in [1.54, 1.807) is 0 Å². The van der Waals surface area contributed by atoms with E-state index < -0.39 is 0 Å². The summed E-state index contributed by atoms with van der Waals surface area (Å²) in [7, 11) is 0. The van der Waals surface area contributed by atoms with E-state index in [2.05, 4.69) is 19.1 Å². The summed E-state index contributed by atoms with van der Waals surface area (Å²) >= 11 is 0. The summed E-state index contributed by atoms with van der Waals surface area (Å²) in [6.07, 6.45) is 6.12. The molecule has 2 rings (SSSR count). The van der Waals surface area contributed by atoms with Gasteiger partial charge in [-0.2, -0.15) is 0 Å². The second kappa shape index (κ2) is 1.28. The minimum atomic E-state index is 0.289. The van der Waals surface area contributed by atoms with Crippen LogP contribution in [0.2, 0.25) is 0 Å². The van der Waals surface area contributed by atoms with Gasteiger partial charge in [0.1, 0.15) is 5.78 Å². The Morgan fingerprint density at radius 2 is 2.56 bits per heavy atom. The normalized spacial score (nSPS) is 46.8. The lowest BCUT2D eigenvalue weighted by molar-refractivity contribution is -0.136. The SMILES string of the molecule is CC12CC=CC1C(=O)C2. The Hall–Kier alpha value is -0.590. The molecule has 0 heterocycles. The molecule has 1 saturated carbocycles. The van der Waals surface area contributed by atoms with Crippen LogP contribution in [0.25, 0.3) is 0 Å². The Bertz CT molecular complexity index is 193. The molecule has 2 unspecified atom stereocenters. The van der Waals surface area contributed by atoms with Gasteiger partial charge < -0.3 is 0 Å². The molecule has 0 aromatic carbocycles. The van der Waals surface area contributed by atoms with Gasteiger partial charge in [-0.25, -0.2) is 0 Å². The highest BCUT2D eigenvalue weighted by molar-refractivity contribution is 5.91. The summed E-state index contributed by atoms with van der Waals surface area (Å²) in [5, 5.41) is 0. The summed E-state index contributed by atoms with van der Waals surface area (Å²) in [5.74, 6) is 0.726. The largest absolute Gasteiger partial charge is 0.299 e. The maximum absolute atomic E-state index is 10.9. The van der Waals surface area contributed by atoms with Crippen molar-refractivity contribution in [2.24, 2.45) is 11.3 Å². The predicted molar refractivity (Wildman–Crippen MR) is 35.0 cm³/mol. The molecule has 0 saturated heterocycles. The van der Waals surface area contributed by atoms with Crippen molar-refractivity contribution in [1.29, 1.82) is 0 Å². The molecule has 48 valence electrons. The first-order valence-electron chi connectivity index (χ1n) is 3.42. The van der Waals surface area contributed by atoms with Gasteiger partial charge in [-0.3, -0.25) is 4.79 Å². The van der Waals surface area contributed by atoms with Gasteiger partial charge in [-0.1, -0.05) is 19.1 Å². The molecule has 2 aliphatic carbocycles. The number of hydrogen-bond acceptors (Lipinski definition) is 1. The fourth-order valence-corrected chi connectivity index (χ4v) is 1.89. The van der Waals surface area contributed by atoms with Crippen molar-refractivity contribution >= 4 is 5.78 Å².